The van der Waals surface area contributed by atoms with E-state index >= 15 is 0 Å². The van der Waals surface area contributed by atoms with Gasteiger partial charge in [-0.3, -0.25) is 4.79 Å². The lowest BCUT2D eigenvalue weighted by Crippen LogP contribution is -2.15. The zero-order chi connectivity index (χ0) is 11.4. The Hall–Kier alpha value is -1.42. The van der Waals surface area contributed by atoms with Crippen LogP contribution in [-0.4, -0.2) is 18.6 Å². The van der Waals surface area contributed by atoms with Gasteiger partial charge in [0.15, 0.2) is 11.5 Å². The van der Waals surface area contributed by atoms with E-state index in [4.69, 9.17) is 21.1 Å². The molecule has 0 saturated carbocycles. The molecule has 0 aromatic heterocycles. The average molecular weight is 242 g/mol. The van der Waals surface area contributed by atoms with Crippen LogP contribution in [0.25, 0.3) is 0 Å². The number of carbonyl (C=O) groups is 1. The number of amides is 1. The molecule has 1 amide bonds. The first-order valence-electron chi connectivity index (χ1n) is 5.07. The summed E-state index contributed by atoms with van der Waals surface area (Å²) in [5.74, 6) is 1.47. The van der Waals surface area contributed by atoms with Crippen LogP contribution in [0.4, 0.5) is 4.79 Å². The number of halogens is 1. The van der Waals surface area contributed by atoms with Gasteiger partial charge in [-0.2, -0.15) is 0 Å². The molecule has 0 fully saturated rings. The lowest BCUT2D eigenvalue weighted by atomic mass is 10.2. The van der Waals surface area contributed by atoms with Crippen molar-refractivity contribution in [2.75, 3.05) is 13.2 Å². The Morgan fingerprint density at radius 2 is 2.06 bits per heavy atom. The molecule has 0 bridgehead atoms. The predicted octanol–water partition coefficient (Wildman–Crippen LogP) is 2.30. The zero-order valence-corrected chi connectivity index (χ0v) is 9.42. The highest BCUT2D eigenvalue weighted by Crippen LogP contribution is 2.30. The molecule has 5 heteroatoms. The molecule has 0 spiro atoms. The van der Waals surface area contributed by atoms with Crippen LogP contribution < -0.4 is 14.8 Å². The van der Waals surface area contributed by atoms with Gasteiger partial charge in [-0.05, 0) is 29.3 Å². The fraction of sp³-hybridized carbons (Fsp3) is 0.364. The van der Waals surface area contributed by atoms with E-state index in [2.05, 4.69) is 5.32 Å². The number of hydrogen-bond donors (Lipinski definition) is 1. The molecule has 16 heavy (non-hydrogen) atoms. The predicted molar refractivity (Wildman–Crippen MR) is 60.1 cm³/mol. The molecule has 1 N–H and O–H groups in total. The van der Waals surface area contributed by atoms with Crippen LogP contribution in [0.5, 0.6) is 11.5 Å². The van der Waals surface area contributed by atoms with Gasteiger partial charge in [0, 0.05) is 13.0 Å². The van der Waals surface area contributed by atoms with Gasteiger partial charge in [0.05, 0.1) is 13.2 Å². The fourth-order valence-corrected chi connectivity index (χ4v) is 1.56. The summed E-state index contributed by atoms with van der Waals surface area (Å²) in [5.41, 5.74) is 0.929. The lowest BCUT2D eigenvalue weighted by molar-refractivity contribution is 0.259. The van der Waals surface area contributed by atoms with Gasteiger partial charge >= 0.3 is 5.37 Å². The second kappa shape index (κ2) is 5.07. The molecule has 1 heterocycles. The van der Waals surface area contributed by atoms with Crippen LogP contribution >= 0.6 is 11.6 Å². The van der Waals surface area contributed by atoms with Crippen molar-refractivity contribution in [2.45, 2.75) is 13.0 Å². The van der Waals surface area contributed by atoms with E-state index in [1.807, 2.05) is 18.2 Å². The van der Waals surface area contributed by atoms with Crippen LogP contribution in [0.15, 0.2) is 18.2 Å². The normalized spacial score (nSPS) is 14.1. The summed E-state index contributed by atoms with van der Waals surface area (Å²) in [6, 6.07) is 5.57. The van der Waals surface area contributed by atoms with Crippen LogP contribution in [0.1, 0.15) is 12.0 Å². The van der Waals surface area contributed by atoms with Gasteiger partial charge in [-0.1, -0.05) is 6.07 Å². The highest BCUT2D eigenvalue weighted by Gasteiger charge is 2.10. The first-order valence-corrected chi connectivity index (χ1v) is 5.45. The van der Waals surface area contributed by atoms with Gasteiger partial charge < -0.3 is 14.8 Å². The summed E-state index contributed by atoms with van der Waals surface area (Å²) >= 11 is 5.19. The van der Waals surface area contributed by atoms with Crippen LogP contribution in [0.2, 0.25) is 0 Å². The largest absolute Gasteiger partial charge is 0.490 e. The number of nitrogens with one attached hydrogen (secondary N) is 1. The molecule has 86 valence electrons. The molecule has 1 aliphatic rings. The van der Waals surface area contributed by atoms with Gasteiger partial charge in [0.25, 0.3) is 0 Å². The summed E-state index contributed by atoms with van der Waals surface area (Å²) in [6.07, 6.45) is 0.877. The van der Waals surface area contributed by atoms with Crippen molar-refractivity contribution in [1.29, 1.82) is 0 Å². The monoisotopic (exact) mass is 241 g/mol. The smallest absolute Gasteiger partial charge is 0.314 e. The lowest BCUT2D eigenvalue weighted by Gasteiger charge is -2.09. The Balaban J connectivity index is 2.11. The molecule has 0 radical (unpaired) electrons. The maximum atomic E-state index is 10.6. The minimum Gasteiger partial charge on any atom is -0.490 e. The van der Waals surface area contributed by atoms with Crippen molar-refractivity contribution in [3.8, 4) is 11.5 Å². The van der Waals surface area contributed by atoms with Gasteiger partial charge in [-0.25, -0.2) is 0 Å². The molecular weight excluding hydrogens is 230 g/mol. The van der Waals surface area contributed by atoms with Crippen molar-refractivity contribution in [3.05, 3.63) is 23.8 Å². The first-order chi connectivity index (χ1) is 7.75. The first kappa shape index (κ1) is 11.1. The maximum Gasteiger partial charge on any atom is 0.314 e. The Morgan fingerprint density at radius 3 is 2.81 bits per heavy atom. The Morgan fingerprint density at radius 1 is 1.31 bits per heavy atom. The van der Waals surface area contributed by atoms with E-state index in [1.54, 1.807) is 0 Å². The van der Waals surface area contributed by atoms with Crippen molar-refractivity contribution in [2.24, 2.45) is 0 Å². The minimum atomic E-state index is -0.563. The Kier molecular flexibility index (Phi) is 3.51. The van der Waals surface area contributed by atoms with E-state index in [-0.39, 0.29) is 0 Å². The van der Waals surface area contributed by atoms with Crippen molar-refractivity contribution >= 4 is 17.0 Å². The second-order valence-electron chi connectivity index (χ2n) is 3.46. The van der Waals surface area contributed by atoms with E-state index in [9.17, 15) is 4.79 Å². The molecule has 4 nitrogen and oxygen atoms in total. The van der Waals surface area contributed by atoms with Crippen molar-refractivity contribution < 1.29 is 14.3 Å². The molecule has 1 aliphatic heterocycles. The van der Waals surface area contributed by atoms with Crippen molar-refractivity contribution in [3.63, 3.8) is 0 Å². The second-order valence-corrected chi connectivity index (χ2v) is 3.80. The molecule has 1 aromatic carbocycles. The third kappa shape index (κ3) is 2.79. The fourth-order valence-electron chi connectivity index (χ4n) is 1.49. The highest BCUT2D eigenvalue weighted by atomic mass is 35.5. The van der Waals surface area contributed by atoms with Crippen LogP contribution in [0, 0.1) is 0 Å². The number of ether oxygens (including phenoxy) is 2. The summed E-state index contributed by atoms with van der Waals surface area (Å²) < 4.78 is 11.0. The highest BCUT2D eigenvalue weighted by molar-refractivity contribution is 6.62. The van der Waals surface area contributed by atoms with E-state index in [0.717, 1.165) is 23.5 Å². The molecular formula is C11H12ClNO3. The summed E-state index contributed by atoms with van der Waals surface area (Å²) in [5, 5.41) is 1.95. The third-order valence-electron chi connectivity index (χ3n) is 2.24. The molecule has 1 aromatic rings. The van der Waals surface area contributed by atoms with Gasteiger partial charge in [0.2, 0.25) is 0 Å². The average Bonchev–Trinajstić information content (AvgIpc) is 2.50. The topological polar surface area (TPSA) is 47.6 Å². The number of hydrogen-bond acceptors (Lipinski definition) is 3. The number of carbonyl (C=O) groups excluding carboxylic acids is 1. The summed E-state index contributed by atoms with van der Waals surface area (Å²) in [6.45, 7) is 1.71. The van der Waals surface area contributed by atoms with Crippen LogP contribution in [0.3, 0.4) is 0 Å². The number of fused-ring (bicyclic) bond motifs is 1. The quantitative estimate of drug-likeness (QED) is 0.638. The van der Waals surface area contributed by atoms with Crippen LogP contribution in [-0.2, 0) is 6.54 Å². The Labute approximate surface area is 98.5 Å². The maximum absolute atomic E-state index is 10.6. The van der Waals surface area contributed by atoms with Crippen molar-refractivity contribution in [1.82, 2.24) is 5.32 Å². The SMILES string of the molecule is O=C(Cl)NCc1ccc2c(c1)OCCCO2. The van der Waals surface area contributed by atoms with E-state index in [1.165, 1.54) is 0 Å². The van der Waals surface area contributed by atoms with E-state index in [0.29, 0.717) is 19.8 Å². The molecule has 0 saturated heterocycles. The molecule has 0 atom stereocenters. The molecule has 2 rings (SSSR count). The minimum absolute atomic E-state index is 0.388. The van der Waals surface area contributed by atoms with Gasteiger partial charge in [0.1, 0.15) is 0 Å². The van der Waals surface area contributed by atoms with Gasteiger partial charge in [-0.15, -0.1) is 0 Å². The standard InChI is InChI=1S/C11H12ClNO3/c12-11(14)13-7-8-2-3-9-10(6-8)16-5-1-4-15-9/h2-3,6H,1,4-5,7H2,(H,13,14). The molecule has 0 aliphatic carbocycles. The Bertz CT molecular complexity index is 395. The zero-order valence-electron chi connectivity index (χ0n) is 8.66. The molecule has 0 unspecified atom stereocenters. The van der Waals surface area contributed by atoms with E-state index < -0.39 is 5.37 Å². The number of rotatable bonds is 2. The summed E-state index contributed by atoms with van der Waals surface area (Å²) in [7, 11) is 0. The summed E-state index contributed by atoms with van der Waals surface area (Å²) in [4.78, 5) is 10.6. The third-order valence-corrected chi connectivity index (χ3v) is 2.38. The number of benzene rings is 1.